The van der Waals surface area contributed by atoms with E-state index in [9.17, 15) is 14.3 Å². The van der Waals surface area contributed by atoms with Crippen molar-refractivity contribution in [3.05, 3.63) is 41.3 Å². The second-order valence-electron chi connectivity index (χ2n) is 5.11. The molecule has 5 heteroatoms. The first kappa shape index (κ1) is 13.0. The molecule has 1 saturated heterocycles. The molecule has 0 saturated carbocycles. The molecule has 20 heavy (non-hydrogen) atoms. The number of carboxylic acid groups (broad SMARTS) is 1. The van der Waals surface area contributed by atoms with Gasteiger partial charge in [0.25, 0.3) is 0 Å². The molecule has 0 spiro atoms. The maximum Gasteiger partial charge on any atom is 0.336 e. The fraction of sp³-hybridized carbons (Fsp3) is 0.333. The summed E-state index contributed by atoms with van der Waals surface area (Å²) in [6.45, 7) is 2.69. The second-order valence-corrected chi connectivity index (χ2v) is 5.11. The SMILES string of the molecule is O=C(O)c1cc(CN2CCCC2)nc2ccc(F)cc12. The van der Waals surface area contributed by atoms with E-state index in [0.29, 0.717) is 17.4 Å². The normalized spacial score (nSPS) is 15.8. The summed E-state index contributed by atoms with van der Waals surface area (Å²) in [5.41, 5.74) is 1.37. The fourth-order valence-electron chi connectivity index (χ4n) is 2.68. The van der Waals surface area contributed by atoms with Gasteiger partial charge in [0.1, 0.15) is 5.82 Å². The Labute approximate surface area is 115 Å². The Morgan fingerprint density at radius 3 is 2.75 bits per heavy atom. The molecule has 0 atom stereocenters. The summed E-state index contributed by atoms with van der Waals surface area (Å²) in [6.07, 6.45) is 2.34. The third-order valence-electron chi connectivity index (χ3n) is 3.64. The predicted octanol–water partition coefficient (Wildman–Crippen LogP) is 2.67. The number of pyridine rings is 1. The minimum Gasteiger partial charge on any atom is -0.478 e. The highest BCUT2D eigenvalue weighted by molar-refractivity contribution is 6.02. The molecular formula is C15H15FN2O2. The molecule has 1 aliphatic heterocycles. The van der Waals surface area contributed by atoms with Gasteiger partial charge in [0.15, 0.2) is 0 Å². The van der Waals surface area contributed by atoms with Gasteiger partial charge in [0, 0.05) is 11.9 Å². The van der Waals surface area contributed by atoms with Gasteiger partial charge in [-0.15, -0.1) is 0 Å². The number of aromatic nitrogens is 1. The molecule has 2 heterocycles. The van der Waals surface area contributed by atoms with Gasteiger partial charge < -0.3 is 5.11 Å². The number of fused-ring (bicyclic) bond motifs is 1. The second kappa shape index (κ2) is 5.17. The number of hydrogen-bond acceptors (Lipinski definition) is 3. The highest BCUT2D eigenvalue weighted by atomic mass is 19.1. The van der Waals surface area contributed by atoms with E-state index in [1.54, 1.807) is 6.07 Å². The van der Waals surface area contributed by atoms with E-state index in [1.165, 1.54) is 31.0 Å². The molecule has 0 radical (unpaired) electrons. The van der Waals surface area contributed by atoms with Gasteiger partial charge in [0.05, 0.1) is 16.8 Å². The minimum atomic E-state index is -1.05. The van der Waals surface area contributed by atoms with Gasteiger partial charge >= 0.3 is 5.97 Å². The van der Waals surface area contributed by atoms with Gasteiger partial charge in [-0.2, -0.15) is 0 Å². The summed E-state index contributed by atoms with van der Waals surface area (Å²) in [7, 11) is 0. The van der Waals surface area contributed by atoms with Crippen molar-refractivity contribution < 1.29 is 14.3 Å². The Hall–Kier alpha value is -2.01. The minimum absolute atomic E-state index is 0.115. The van der Waals surface area contributed by atoms with Crippen LogP contribution in [0.25, 0.3) is 10.9 Å². The van der Waals surface area contributed by atoms with Crippen LogP contribution in [0.5, 0.6) is 0 Å². The highest BCUT2D eigenvalue weighted by Gasteiger charge is 2.16. The van der Waals surface area contributed by atoms with E-state index in [2.05, 4.69) is 9.88 Å². The van der Waals surface area contributed by atoms with Crippen molar-refractivity contribution in [3.8, 4) is 0 Å². The maximum atomic E-state index is 13.3. The molecule has 2 aromatic rings. The van der Waals surface area contributed by atoms with E-state index < -0.39 is 11.8 Å². The van der Waals surface area contributed by atoms with Gasteiger partial charge in [-0.1, -0.05) is 0 Å². The smallest absolute Gasteiger partial charge is 0.336 e. The van der Waals surface area contributed by atoms with Crippen molar-refractivity contribution in [3.63, 3.8) is 0 Å². The lowest BCUT2D eigenvalue weighted by molar-refractivity contribution is 0.0698. The van der Waals surface area contributed by atoms with Crippen molar-refractivity contribution in [1.29, 1.82) is 0 Å². The third kappa shape index (κ3) is 2.49. The van der Waals surface area contributed by atoms with Gasteiger partial charge in [-0.3, -0.25) is 9.88 Å². The van der Waals surface area contributed by atoms with Crippen molar-refractivity contribution >= 4 is 16.9 Å². The van der Waals surface area contributed by atoms with E-state index in [0.717, 1.165) is 18.8 Å². The fourth-order valence-corrected chi connectivity index (χ4v) is 2.68. The van der Waals surface area contributed by atoms with Crippen LogP contribution in [-0.2, 0) is 6.54 Å². The Kier molecular flexibility index (Phi) is 3.36. The number of likely N-dealkylation sites (tertiary alicyclic amines) is 1. The molecule has 0 aliphatic carbocycles. The summed E-state index contributed by atoms with van der Waals surface area (Å²) in [5, 5.41) is 9.64. The Bertz CT molecular complexity index is 666. The quantitative estimate of drug-likeness (QED) is 0.935. The third-order valence-corrected chi connectivity index (χ3v) is 3.64. The average Bonchev–Trinajstić information content (AvgIpc) is 2.91. The van der Waals surface area contributed by atoms with Crippen molar-refractivity contribution in [2.24, 2.45) is 0 Å². The number of rotatable bonds is 3. The molecule has 1 aliphatic rings. The lowest BCUT2D eigenvalue weighted by Gasteiger charge is -2.15. The Morgan fingerprint density at radius 1 is 1.30 bits per heavy atom. The van der Waals surface area contributed by atoms with Crippen LogP contribution in [-0.4, -0.2) is 34.0 Å². The molecule has 3 rings (SSSR count). The lowest BCUT2D eigenvalue weighted by atomic mass is 10.1. The van der Waals surface area contributed by atoms with Crippen LogP contribution >= 0.6 is 0 Å². The Balaban J connectivity index is 2.05. The number of nitrogens with zero attached hydrogens (tertiary/aromatic N) is 2. The number of aromatic carboxylic acids is 1. The van der Waals surface area contributed by atoms with E-state index in [4.69, 9.17) is 0 Å². The summed E-state index contributed by atoms with van der Waals surface area (Å²) >= 11 is 0. The number of benzene rings is 1. The molecule has 1 fully saturated rings. The highest BCUT2D eigenvalue weighted by Crippen LogP contribution is 2.21. The summed E-state index contributed by atoms with van der Waals surface area (Å²) in [4.78, 5) is 18.1. The van der Waals surface area contributed by atoms with Crippen LogP contribution in [0.15, 0.2) is 24.3 Å². The standard InChI is InChI=1S/C15H15FN2O2/c16-10-3-4-14-12(7-10)13(15(19)20)8-11(17-14)9-18-5-1-2-6-18/h3-4,7-8H,1-2,5-6,9H2,(H,19,20). The first-order valence-corrected chi connectivity index (χ1v) is 6.68. The predicted molar refractivity (Wildman–Crippen MR) is 73.2 cm³/mol. The van der Waals surface area contributed by atoms with Crippen LogP contribution in [0.4, 0.5) is 4.39 Å². The summed E-state index contributed by atoms with van der Waals surface area (Å²) < 4.78 is 13.3. The molecule has 1 N–H and O–H groups in total. The van der Waals surface area contributed by atoms with E-state index >= 15 is 0 Å². The molecule has 0 amide bonds. The van der Waals surface area contributed by atoms with Gasteiger partial charge in [-0.25, -0.2) is 9.18 Å². The zero-order chi connectivity index (χ0) is 14.1. The number of hydrogen-bond donors (Lipinski definition) is 1. The first-order chi connectivity index (χ1) is 9.63. The van der Waals surface area contributed by atoms with Crippen molar-refractivity contribution in [2.45, 2.75) is 19.4 Å². The summed E-state index contributed by atoms with van der Waals surface area (Å²) in [5.74, 6) is -1.50. The van der Waals surface area contributed by atoms with Crippen LogP contribution in [0.3, 0.4) is 0 Å². The summed E-state index contributed by atoms with van der Waals surface area (Å²) in [6, 6.07) is 5.62. The molecule has 0 bridgehead atoms. The van der Waals surface area contributed by atoms with Crippen molar-refractivity contribution in [2.75, 3.05) is 13.1 Å². The molecule has 0 unspecified atom stereocenters. The van der Waals surface area contributed by atoms with E-state index in [1.807, 2.05) is 0 Å². The number of halogens is 1. The lowest BCUT2D eigenvalue weighted by Crippen LogP contribution is -2.19. The topological polar surface area (TPSA) is 53.4 Å². The van der Waals surface area contributed by atoms with Gasteiger partial charge in [0.2, 0.25) is 0 Å². The average molecular weight is 274 g/mol. The maximum absolute atomic E-state index is 13.3. The van der Waals surface area contributed by atoms with E-state index in [-0.39, 0.29) is 5.56 Å². The number of carbonyl (C=O) groups is 1. The molecule has 1 aromatic carbocycles. The van der Waals surface area contributed by atoms with Crippen LogP contribution in [0.1, 0.15) is 28.9 Å². The van der Waals surface area contributed by atoms with Crippen LogP contribution in [0.2, 0.25) is 0 Å². The van der Waals surface area contributed by atoms with Gasteiger partial charge in [-0.05, 0) is 50.2 Å². The largest absolute Gasteiger partial charge is 0.478 e. The van der Waals surface area contributed by atoms with Crippen molar-refractivity contribution in [1.82, 2.24) is 9.88 Å². The molecule has 1 aromatic heterocycles. The first-order valence-electron chi connectivity index (χ1n) is 6.68. The monoisotopic (exact) mass is 274 g/mol. The molecule has 104 valence electrons. The number of carboxylic acids is 1. The van der Waals surface area contributed by atoms with Crippen LogP contribution < -0.4 is 0 Å². The molecular weight excluding hydrogens is 259 g/mol. The Morgan fingerprint density at radius 2 is 2.05 bits per heavy atom. The molecule has 4 nitrogen and oxygen atoms in total. The zero-order valence-electron chi connectivity index (χ0n) is 11.0. The van der Waals surface area contributed by atoms with Crippen LogP contribution in [0, 0.1) is 5.82 Å². The zero-order valence-corrected chi connectivity index (χ0v) is 11.0.